The van der Waals surface area contributed by atoms with Gasteiger partial charge in [0, 0.05) is 45.6 Å². The first-order chi connectivity index (χ1) is 12.3. The molecule has 1 aromatic carbocycles. The van der Waals surface area contributed by atoms with Gasteiger partial charge in [-0.05, 0) is 18.6 Å². The summed E-state index contributed by atoms with van der Waals surface area (Å²) >= 11 is 0. The van der Waals surface area contributed by atoms with Crippen LogP contribution >= 0.6 is 0 Å². The molecule has 1 fully saturated rings. The number of fused-ring (bicyclic) bond motifs is 1. The summed E-state index contributed by atoms with van der Waals surface area (Å²) < 4.78 is 7.73. The highest BCUT2D eigenvalue weighted by Crippen LogP contribution is 2.16. The van der Waals surface area contributed by atoms with Crippen molar-refractivity contribution in [3.8, 4) is 0 Å². The van der Waals surface area contributed by atoms with E-state index in [2.05, 4.69) is 33.0 Å². The molecule has 0 saturated carbocycles. The molecule has 1 aliphatic heterocycles. The lowest BCUT2D eigenvalue weighted by atomic mass is 10.3. The molecule has 0 radical (unpaired) electrons. The molecule has 1 amide bonds. The molecule has 0 spiro atoms. The van der Waals surface area contributed by atoms with Crippen LogP contribution in [0.15, 0.2) is 24.3 Å². The Morgan fingerprint density at radius 2 is 2.04 bits per heavy atom. The number of rotatable bonds is 8. The standard InChI is InChI=1S/C19H28N4O2/c1-2-5-19(24)20-9-8-18-21-16-6-3-4-7-17(16)23(18)11-10-22-12-14-25-15-13-22/h3-4,6-7H,2,5,8-15H2,1H3,(H,20,24). The van der Waals surface area contributed by atoms with Crippen molar-refractivity contribution in [1.82, 2.24) is 19.8 Å². The predicted molar refractivity (Wildman–Crippen MR) is 98.6 cm³/mol. The van der Waals surface area contributed by atoms with E-state index in [0.717, 1.165) is 63.6 Å². The first-order valence-corrected chi connectivity index (χ1v) is 9.29. The minimum Gasteiger partial charge on any atom is -0.379 e. The topological polar surface area (TPSA) is 59.4 Å². The van der Waals surface area contributed by atoms with Gasteiger partial charge in [-0.1, -0.05) is 19.1 Å². The van der Waals surface area contributed by atoms with Gasteiger partial charge in [0.15, 0.2) is 0 Å². The Bertz CT molecular complexity index is 692. The second-order valence-corrected chi connectivity index (χ2v) is 6.47. The van der Waals surface area contributed by atoms with Crippen molar-refractivity contribution in [3.63, 3.8) is 0 Å². The molecule has 2 aromatic rings. The third-order valence-corrected chi connectivity index (χ3v) is 4.62. The lowest BCUT2D eigenvalue weighted by Crippen LogP contribution is -2.38. The highest BCUT2D eigenvalue weighted by atomic mass is 16.5. The number of carbonyl (C=O) groups excluding carboxylic acids is 1. The fourth-order valence-electron chi connectivity index (χ4n) is 3.26. The number of para-hydroxylation sites is 2. The van der Waals surface area contributed by atoms with Crippen LogP contribution in [0.2, 0.25) is 0 Å². The maximum Gasteiger partial charge on any atom is 0.219 e. The molecule has 1 saturated heterocycles. The number of morpholine rings is 1. The van der Waals surface area contributed by atoms with Crippen LogP contribution in [0.4, 0.5) is 0 Å². The van der Waals surface area contributed by atoms with Gasteiger partial charge in [0.05, 0.1) is 24.2 Å². The second-order valence-electron chi connectivity index (χ2n) is 6.47. The van der Waals surface area contributed by atoms with Crippen LogP contribution in [0, 0.1) is 0 Å². The van der Waals surface area contributed by atoms with Crippen molar-refractivity contribution in [2.24, 2.45) is 0 Å². The Morgan fingerprint density at radius 1 is 1.24 bits per heavy atom. The lowest BCUT2D eigenvalue weighted by Gasteiger charge is -2.27. The average Bonchev–Trinajstić information content (AvgIpc) is 2.98. The molecular formula is C19H28N4O2. The number of hydrogen-bond donors (Lipinski definition) is 1. The number of hydrogen-bond acceptors (Lipinski definition) is 4. The number of nitrogens with one attached hydrogen (secondary N) is 1. The van der Waals surface area contributed by atoms with Crippen LogP contribution in [-0.4, -0.2) is 59.8 Å². The number of carbonyl (C=O) groups is 1. The summed E-state index contributed by atoms with van der Waals surface area (Å²) in [6.45, 7) is 8.20. The molecule has 0 unspecified atom stereocenters. The zero-order valence-corrected chi connectivity index (χ0v) is 15.0. The molecule has 3 rings (SSSR count). The minimum atomic E-state index is 0.124. The first kappa shape index (κ1) is 17.9. The summed E-state index contributed by atoms with van der Waals surface area (Å²) in [4.78, 5) is 18.9. The Kier molecular flexibility index (Phi) is 6.42. The monoisotopic (exact) mass is 344 g/mol. The molecule has 6 nitrogen and oxygen atoms in total. The van der Waals surface area contributed by atoms with E-state index in [9.17, 15) is 4.79 Å². The average molecular weight is 344 g/mol. The van der Waals surface area contributed by atoms with Crippen LogP contribution in [0.5, 0.6) is 0 Å². The van der Waals surface area contributed by atoms with Gasteiger partial charge in [0.25, 0.3) is 0 Å². The fraction of sp³-hybridized carbons (Fsp3) is 0.579. The highest BCUT2D eigenvalue weighted by Gasteiger charge is 2.14. The van der Waals surface area contributed by atoms with E-state index >= 15 is 0 Å². The van der Waals surface area contributed by atoms with Gasteiger partial charge in [-0.3, -0.25) is 9.69 Å². The van der Waals surface area contributed by atoms with Crippen LogP contribution in [-0.2, 0) is 22.5 Å². The molecule has 136 valence electrons. The zero-order chi connectivity index (χ0) is 17.5. The summed E-state index contributed by atoms with van der Waals surface area (Å²) in [7, 11) is 0. The molecule has 25 heavy (non-hydrogen) atoms. The van der Waals surface area contributed by atoms with Gasteiger partial charge in [0.1, 0.15) is 5.82 Å². The normalized spacial score (nSPS) is 15.6. The van der Waals surface area contributed by atoms with Crippen LogP contribution in [0.3, 0.4) is 0 Å². The fourth-order valence-corrected chi connectivity index (χ4v) is 3.26. The Morgan fingerprint density at radius 3 is 2.84 bits per heavy atom. The summed E-state index contributed by atoms with van der Waals surface area (Å²) in [5.74, 6) is 1.17. The molecule has 1 aromatic heterocycles. The smallest absolute Gasteiger partial charge is 0.219 e. The largest absolute Gasteiger partial charge is 0.379 e. The van der Waals surface area contributed by atoms with Crippen molar-refractivity contribution in [3.05, 3.63) is 30.1 Å². The van der Waals surface area contributed by atoms with Crippen molar-refractivity contribution < 1.29 is 9.53 Å². The number of amides is 1. The third kappa shape index (κ3) is 4.80. The molecule has 2 heterocycles. The quantitative estimate of drug-likeness (QED) is 0.794. The maximum atomic E-state index is 11.7. The van der Waals surface area contributed by atoms with E-state index in [1.54, 1.807) is 0 Å². The molecule has 0 bridgehead atoms. The maximum absolute atomic E-state index is 11.7. The van der Waals surface area contributed by atoms with Gasteiger partial charge in [-0.25, -0.2) is 4.98 Å². The lowest BCUT2D eigenvalue weighted by molar-refractivity contribution is -0.121. The third-order valence-electron chi connectivity index (χ3n) is 4.62. The van der Waals surface area contributed by atoms with Gasteiger partial charge in [-0.15, -0.1) is 0 Å². The molecule has 1 N–H and O–H groups in total. The summed E-state index contributed by atoms with van der Waals surface area (Å²) in [6, 6.07) is 8.26. The predicted octanol–water partition coefficient (Wildman–Crippen LogP) is 1.83. The number of ether oxygens (including phenoxy) is 1. The molecule has 0 aliphatic carbocycles. The minimum absolute atomic E-state index is 0.124. The van der Waals surface area contributed by atoms with Crippen LogP contribution < -0.4 is 5.32 Å². The van der Waals surface area contributed by atoms with Crippen molar-refractivity contribution >= 4 is 16.9 Å². The van der Waals surface area contributed by atoms with E-state index in [-0.39, 0.29) is 5.91 Å². The van der Waals surface area contributed by atoms with E-state index in [1.807, 2.05) is 13.0 Å². The van der Waals surface area contributed by atoms with Crippen LogP contribution in [0.1, 0.15) is 25.6 Å². The second kappa shape index (κ2) is 8.97. The molecule has 0 atom stereocenters. The van der Waals surface area contributed by atoms with E-state index in [1.165, 1.54) is 5.52 Å². The van der Waals surface area contributed by atoms with Gasteiger partial charge in [-0.2, -0.15) is 0 Å². The van der Waals surface area contributed by atoms with Crippen molar-refractivity contribution in [2.45, 2.75) is 32.7 Å². The van der Waals surface area contributed by atoms with Crippen molar-refractivity contribution in [2.75, 3.05) is 39.4 Å². The van der Waals surface area contributed by atoms with Gasteiger partial charge >= 0.3 is 0 Å². The number of aromatic nitrogens is 2. The molecular weight excluding hydrogens is 316 g/mol. The Labute approximate surface area is 149 Å². The first-order valence-electron chi connectivity index (χ1n) is 9.29. The molecule has 1 aliphatic rings. The Balaban J connectivity index is 1.67. The number of nitrogens with zero attached hydrogens (tertiary/aromatic N) is 3. The van der Waals surface area contributed by atoms with E-state index < -0.39 is 0 Å². The summed E-state index contributed by atoms with van der Waals surface area (Å²) in [6.07, 6.45) is 2.23. The Hall–Kier alpha value is -1.92. The summed E-state index contributed by atoms with van der Waals surface area (Å²) in [5, 5.41) is 2.99. The van der Waals surface area contributed by atoms with E-state index in [4.69, 9.17) is 9.72 Å². The zero-order valence-electron chi connectivity index (χ0n) is 15.0. The highest BCUT2D eigenvalue weighted by molar-refractivity contribution is 5.76. The summed E-state index contributed by atoms with van der Waals surface area (Å²) in [5.41, 5.74) is 2.20. The van der Waals surface area contributed by atoms with Gasteiger partial charge < -0.3 is 14.6 Å². The number of imidazole rings is 1. The van der Waals surface area contributed by atoms with Crippen LogP contribution in [0.25, 0.3) is 11.0 Å². The number of benzene rings is 1. The van der Waals surface area contributed by atoms with Gasteiger partial charge in [0.2, 0.25) is 5.91 Å². The SMILES string of the molecule is CCCC(=O)NCCc1nc2ccccc2n1CCN1CCOCC1. The van der Waals surface area contributed by atoms with E-state index in [0.29, 0.717) is 13.0 Å². The molecule has 6 heteroatoms. The van der Waals surface area contributed by atoms with Crippen molar-refractivity contribution in [1.29, 1.82) is 0 Å².